The smallest absolute Gasteiger partial charge is 0.0519 e. The molecule has 0 aliphatic carbocycles. The predicted octanol–water partition coefficient (Wildman–Crippen LogP) is 3.51. The minimum Gasteiger partial charge on any atom is -0.324 e. The molecule has 0 aromatic heterocycles. The van der Waals surface area contributed by atoms with Crippen molar-refractivity contribution in [3.05, 3.63) is 29.3 Å². The molecule has 0 aliphatic heterocycles. The van der Waals surface area contributed by atoms with Gasteiger partial charge >= 0.3 is 0 Å². The van der Waals surface area contributed by atoms with Crippen molar-refractivity contribution in [1.82, 2.24) is 0 Å². The second-order valence-corrected chi connectivity index (χ2v) is 5.62. The van der Waals surface area contributed by atoms with Gasteiger partial charge in [0.25, 0.3) is 0 Å². The molecule has 0 spiro atoms. The molecule has 0 bridgehead atoms. The molecule has 0 atom stereocenters. The van der Waals surface area contributed by atoms with Gasteiger partial charge in [-0.3, -0.25) is 5.84 Å². The van der Waals surface area contributed by atoms with Crippen molar-refractivity contribution in [3.8, 4) is 0 Å². The summed E-state index contributed by atoms with van der Waals surface area (Å²) in [6.07, 6.45) is 3.30. The quantitative estimate of drug-likeness (QED) is 0.602. The van der Waals surface area contributed by atoms with Gasteiger partial charge in [-0.25, -0.2) is 0 Å². The molecule has 2 heteroatoms. The van der Waals surface area contributed by atoms with E-state index >= 15 is 0 Å². The number of nitrogen functional groups attached to an aromatic ring is 1. The molecule has 1 aromatic rings. The molecule has 1 rings (SSSR count). The Labute approximate surface area is 99.2 Å². The van der Waals surface area contributed by atoms with Gasteiger partial charge in [-0.05, 0) is 35.4 Å². The van der Waals surface area contributed by atoms with Crippen LogP contribution in [0.25, 0.3) is 0 Å². The van der Waals surface area contributed by atoms with Gasteiger partial charge in [0.05, 0.1) is 5.69 Å². The third kappa shape index (κ3) is 3.86. The van der Waals surface area contributed by atoms with Crippen molar-refractivity contribution < 1.29 is 0 Å². The molecular formula is C14H24N2. The van der Waals surface area contributed by atoms with Crippen molar-refractivity contribution in [2.45, 2.75) is 47.0 Å². The Hall–Kier alpha value is -1.02. The van der Waals surface area contributed by atoms with E-state index in [0.717, 1.165) is 24.9 Å². The number of nitrogens with one attached hydrogen (secondary N) is 1. The van der Waals surface area contributed by atoms with Crippen molar-refractivity contribution in [1.29, 1.82) is 0 Å². The molecule has 90 valence electrons. The van der Waals surface area contributed by atoms with E-state index in [4.69, 9.17) is 5.84 Å². The summed E-state index contributed by atoms with van der Waals surface area (Å²) in [5.74, 6) is 5.56. The van der Waals surface area contributed by atoms with Crippen LogP contribution in [-0.4, -0.2) is 0 Å². The first kappa shape index (κ1) is 13.0. The Morgan fingerprint density at radius 3 is 2.44 bits per heavy atom. The molecule has 16 heavy (non-hydrogen) atoms. The SMILES string of the molecule is CCCc1ccc(CC(C)(C)C)cc1NN. The van der Waals surface area contributed by atoms with Crippen LogP contribution in [0, 0.1) is 5.41 Å². The number of hydrogen-bond acceptors (Lipinski definition) is 2. The van der Waals surface area contributed by atoms with Crippen LogP contribution in [0.2, 0.25) is 0 Å². The Morgan fingerprint density at radius 2 is 1.94 bits per heavy atom. The molecule has 1 aromatic carbocycles. The van der Waals surface area contributed by atoms with Crippen LogP contribution < -0.4 is 11.3 Å². The summed E-state index contributed by atoms with van der Waals surface area (Å²) in [6, 6.07) is 6.59. The topological polar surface area (TPSA) is 38.0 Å². The predicted molar refractivity (Wildman–Crippen MR) is 71.4 cm³/mol. The van der Waals surface area contributed by atoms with E-state index in [2.05, 4.69) is 51.3 Å². The lowest BCUT2D eigenvalue weighted by Crippen LogP contribution is -2.12. The van der Waals surface area contributed by atoms with E-state index in [1.807, 2.05) is 0 Å². The average Bonchev–Trinajstić information content (AvgIpc) is 2.18. The van der Waals surface area contributed by atoms with E-state index < -0.39 is 0 Å². The molecule has 0 fully saturated rings. The minimum absolute atomic E-state index is 0.318. The van der Waals surface area contributed by atoms with Gasteiger partial charge in [-0.15, -0.1) is 0 Å². The molecule has 0 unspecified atom stereocenters. The fourth-order valence-electron chi connectivity index (χ4n) is 1.97. The summed E-state index contributed by atoms with van der Waals surface area (Å²) in [5.41, 5.74) is 6.85. The van der Waals surface area contributed by atoms with Crippen LogP contribution in [0.1, 0.15) is 45.2 Å². The summed E-state index contributed by atoms with van der Waals surface area (Å²) >= 11 is 0. The van der Waals surface area contributed by atoms with E-state index in [0.29, 0.717) is 5.41 Å². The molecule has 0 aliphatic rings. The third-order valence-electron chi connectivity index (χ3n) is 2.58. The second kappa shape index (κ2) is 5.35. The second-order valence-electron chi connectivity index (χ2n) is 5.62. The first-order valence-electron chi connectivity index (χ1n) is 6.04. The number of nitrogens with two attached hydrogens (primary N) is 1. The van der Waals surface area contributed by atoms with Crippen LogP contribution in [-0.2, 0) is 12.8 Å². The van der Waals surface area contributed by atoms with E-state index in [1.165, 1.54) is 11.1 Å². The van der Waals surface area contributed by atoms with Gasteiger partial charge in [0, 0.05) is 0 Å². The van der Waals surface area contributed by atoms with E-state index in [1.54, 1.807) is 0 Å². The van der Waals surface area contributed by atoms with Gasteiger partial charge in [0.15, 0.2) is 0 Å². The highest BCUT2D eigenvalue weighted by molar-refractivity contribution is 5.52. The zero-order chi connectivity index (χ0) is 12.2. The Kier molecular flexibility index (Phi) is 4.36. The molecule has 2 nitrogen and oxygen atoms in total. The van der Waals surface area contributed by atoms with Gasteiger partial charge < -0.3 is 5.43 Å². The molecule has 0 saturated heterocycles. The maximum Gasteiger partial charge on any atom is 0.0519 e. The molecule has 3 N–H and O–H groups in total. The van der Waals surface area contributed by atoms with E-state index in [-0.39, 0.29) is 0 Å². The fraction of sp³-hybridized carbons (Fsp3) is 0.571. The van der Waals surface area contributed by atoms with Crippen LogP contribution >= 0.6 is 0 Å². The number of hydrazine groups is 1. The van der Waals surface area contributed by atoms with Crippen LogP contribution in [0.4, 0.5) is 5.69 Å². The Bertz CT molecular complexity index is 337. The largest absolute Gasteiger partial charge is 0.324 e. The highest BCUT2D eigenvalue weighted by Gasteiger charge is 2.12. The van der Waals surface area contributed by atoms with Crippen molar-refractivity contribution >= 4 is 5.69 Å². The van der Waals surface area contributed by atoms with Crippen LogP contribution in [0.5, 0.6) is 0 Å². The van der Waals surface area contributed by atoms with Crippen LogP contribution in [0.3, 0.4) is 0 Å². The summed E-state index contributed by atoms with van der Waals surface area (Å²) in [4.78, 5) is 0. The monoisotopic (exact) mass is 220 g/mol. The zero-order valence-corrected chi connectivity index (χ0v) is 10.9. The van der Waals surface area contributed by atoms with Gasteiger partial charge in [0.1, 0.15) is 0 Å². The highest BCUT2D eigenvalue weighted by atomic mass is 15.2. The Morgan fingerprint density at radius 1 is 1.25 bits per heavy atom. The summed E-state index contributed by atoms with van der Waals surface area (Å²) in [6.45, 7) is 8.94. The summed E-state index contributed by atoms with van der Waals surface area (Å²) in [7, 11) is 0. The first-order valence-corrected chi connectivity index (χ1v) is 6.04. The standard InChI is InChI=1S/C14H24N2/c1-5-6-12-8-7-11(9-13(12)16-15)10-14(2,3)4/h7-9,16H,5-6,10,15H2,1-4H3. The molecule has 0 heterocycles. The normalized spacial score (nSPS) is 11.6. The maximum absolute atomic E-state index is 5.56. The Balaban J connectivity index is 2.90. The average molecular weight is 220 g/mol. The zero-order valence-electron chi connectivity index (χ0n) is 10.9. The highest BCUT2D eigenvalue weighted by Crippen LogP contribution is 2.24. The number of aryl methyl sites for hydroxylation is 1. The van der Waals surface area contributed by atoms with Gasteiger partial charge in [0.2, 0.25) is 0 Å². The molecular weight excluding hydrogens is 196 g/mol. The van der Waals surface area contributed by atoms with Crippen molar-refractivity contribution in [2.24, 2.45) is 11.3 Å². The minimum atomic E-state index is 0.318. The third-order valence-corrected chi connectivity index (χ3v) is 2.58. The summed E-state index contributed by atoms with van der Waals surface area (Å²) in [5, 5.41) is 0. The molecule has 0 radical (unpaired) electrons. The lowest BCUT2D eigenvalue weighted by atomic mass is 9.87. The van der Waals surface area contributed by atoms with Gasteiger partial charge in [-0.1, -0.05) is 46.2 Å². The first-order chi connectivity index (χ1) is 7.46. The van der Waals surface area contributed by atoms with Crippen molar-refractivity contribution in [2.75, 3.05) is 5.43 Å². The lowest BCUT2D eigenvalue weighted by Gasteiger charge is -2.19. The lowest BCUT2D eigenvalue weighted by molar-refractivity contribution is 0.411. The number of anilines is 1. The van der Waals surface area contributed by atoms with Crippen molar-refractivity contribution in [3.63, 3.8) is 0 Å². The number of hydrogen-bond donors (Lipinski definition) is 2. The molecule has 0 saturated carbocycles. The maximum atomic E-state index is 5.56. The van der Waals surface area contributed by atoms with Crippen LogP contribution in [0.15, 0.2) is 18.2 Å². The van der Waals surface area contributed by atoms with E-state index in [9.17, 15) is 0 Å². The number of rotatable bonds is 4. The fourth-order valence-corrected chi connectivity index (χ4v) is 1.97. The van der Waals surface area contributed by atoms with Gasteiger partial charge in [-0.2, -0.15) is 0 Å². The molecule has 0 amide bonds. The summed E-state index contributed by atoms with van der Waals surface area (Å²) < 4.78 is 0. The number of benzene rings is 1.